The van der Waals surface area contributed by atoms with E-state index in [9.17, 15) is 4.79 Å². The van der Waals surface area contributed by atoms with Crippen LogP contribution in [0.15, 0.2) is 0 Å². The molecule has 1 amide bonds. The zero-order valence-electron chi connectivity index (χ0n) is 9.48. The number of amides is 1. The Morgan fingerprint density at radius 3 is 2.60 bits per heavy atom. The molecule has 1 aliphatic heterocycles. The Labute approximate surface area is 91.5 Å². The summed E-state index contributed by atoms with van der Waals surface area (Å²) in [7, 11) is 0. The number of hydrogen-bond donors (Lipinski definition) is 1. The quantitative estimate of drug-likeness (QED) is 0.747. The lowest BCUT2D eigenvalue weighted by Crippen LogP contribution is -2.54. The van der Waals surface area contributed by atoms with Crippen LogP contribution in [0.4, 0.5) is 0 Å². The van der Waals surface area contributed by atoms with Crippen molar-refractivity contribution in [2.45, 2.75) is 45.1 Å². The van der Waals surface area contributed by atoms with Crippen molar-refractivity contribution in [1.29, 1.82) is 0 Å². The van der Waals surface area contributed by atoms with Crippen LogP contribution >= 0.6 is 0 Å². The van der Waals surface area contributed by atoms with E-state index in [0.29, 0.717) is 12.0 Å². The van der Waals surface area contributed by atoms with Gasteiger partial charge >= 0.3 is 0 Å². The second-order valence-corrected chi connectivity index (χ2v) is 4.94. The smallest absolute Gasteiger partial charge is 0.219 e. The molecule has 0 radical (unpaired) electrons. The first-order valence-corrected chi connectivity index (χ1v) is 6.12. The van der Waals surface area contributed by atoms with Crippen molar-refractivity contribution in [3.63, 3.8) is 0 Å². The molecular formula is C12H21NO2. The average molecular weight is 211 g/mol. The lowest BCUT2D eigenvalue weighted by atomic mass is 9.82. The number of aliphatic hydroxyl groups excluding tert-OH is 1. The molecule has 2 rings (SSSR count). The molecule has 1 heterocycles. The Hall–Kier alpha value is -0.570. The third kappa shape index (κ3) is 2.33. The van der Waals surface area contributed by atoms with Crippen LogP contribution in [0, 0.1) is 11.8 Å². The summed E-state index contributed by atoms with van der Waals surface area (Å²) in [6, 6.07) is 0.488. The molecule has 1 aliphatic carbocycles. The molecule has 1 saturated carbocycles. The highest BCUT2D eigenvalue weighted by Gasteiger charge is 2.43. The number of likely N-dealkylation sites (tertiary alicyclic amines) is 1. The molecule has 0 spiro atoms. The molecular weight excluding hydrogens is 190 g/mol. The summed E-state index contributed by atoms with van der Waals surface area (Å²) >= 11 is 0. The second kappa shape index (κ2) is 4.52. The van der Waals surface area contributed by atoms with E-state index < -0.39 is 0 Å². The standard InChI is InChI=1S/C12H21NO2/c1-9(15)13-7-6-12(13)11(3-2-8-14)10-4-5-10/h10-12,14H,2-8H2,1H3. The van der Waals surface area contributed by atoms with Crippen LogP contribution in [-0.4, -0.2) is 35.1 Å². The summed E-state index contributed by atoms with van der Waals surface area (Å²) in [5, 5.41) is 8.88. The van der Waals surface area contributed by atoms with E-state index in [2.05, 4.69) is 0 Å². The van der Waals surface area contributed by atoms with Crippen molar-refractivity contribution in [1.82, 2.24) is 4.90 Å². The van der Waals surface area contributed by atoms with Gasteiger partial charge in [-0.3, -0.25) is 4.79 Å². The van der Waals surface area contributed by atoms with Crippen molar-refractivity contribution in [2.75, 3.05) is 13.2 Å². The molecule has 2 aliphatic rings. The van der Waals surface area contributed by atoms with Gasteiger partial charge in [0.1, 0.15) is 0 Å². The first-order chi connectivity index (χ1) is 7.24. The highest BCUT2D eigenvalue weighted by molar-refractivity contribution is 5.74. The van der Waals surface area contributed by atoms with Gasteiger partial charge in [0.2, 0.25) is 5.91 Å². The van der Waals surface area contributed by atoms with Crippen molar-refractivity contribution in [3.8, 4) is 0 Å². The normalized spacial score (nSPS) is 27.3. The number of hydrogen-bond acceptors (Lipinski definition) is 2. The van der Waals surface area contributed by atoms with Gasteiger partial charge < -0.3 is 10.0 Å². The first-order valence-electron chi connectivity index (χ1n) is 6.12. The molecule has 3 heteroatoms. The maximum Gasteiger partial charge on any atom is 0.219 e. The van der Waals surface area contributed by atoms with Gasteiger partial charge in [0.15, 0.2) is 0 Å². The van der Waals surface area contributed by atoms with E-state index in [0.717, 1.165) is 25.3 Å². The fourth-order valence-corrected chi connectivity index (χ4v) is 2.84. The second-order valence-electron chi connectivity index (χ2n) is 4.94. The van der Waals surface area contributed by atoms with Crippen LogP contribution in [0.1, 0.15) is 39.0 Å². The molecule has 2 unspecified atom stereocenters. The Balaban J connectivity index is 1.89. The third-order valence-corrected chi connectivity index (χ3v) is 3.89. The largest absolute Gasteiger partial charge is 0.396 e. The molecule has 86 valence electrons. The Kier molecular flexibility index (Phi) is 3.29. The minimum atomic E-state index is 0.223. The topological polar surface area (TPSA) is 40.5 Å². The SMILES string of the molecule is CC(=O)N1CCC1C(CCCO)C1CC1. The van der Waals surface area contributed by atoms with Crippen LogP contribution in [0.5, 0.6) is 0 Å². The van der Waals surface area contributed by atoms with E-state index in [1.54, 1.807) is 6.92 Å². The van der Waals surface area contributed by atoms with Gasteiger partial charge in [-0.1, -0.05) is 0 Å². The monoisotopic (exact) mass is 211 g/mol. The highest BCUT2D eigenvalue weighted by atomic mass is 16.2. The van der Waals surface area contributed by atoms with Crippen molar-refractivity contribution < 1.29 is 9.90 Å². The summed E-state index contributed by atoms with van der Waals surface area (Å²) in [6.07, 6.45) is 5.82. The van der Waals surface area contributed by atoms with Crippen molar-refractivity contribution >= 4 is 5.91 Å². The number of rotatable bonds is 5. The van der Waals surface area contributed by atoms with Gasteiger partial charge in [0.05, 0.1) is 0 Å². The van der Waals surface area contributed by atoms with Gasteiger partial charge in [-0.2, -0.15) is 0 Å². The van der Waals surface area contributed by atoms with Gasteiger partial charge in [-0.15, -0.1) is 0 Å². The summed E-state index contributed by atoms with van der Waals surface area (Å²) in [4.78, 5) is 13.3. The molecule has 2 fully saturated rings. The number of nitrogens with zero attached hydrogens (tertiary/aromatic N) is 1. The predicted octanol–water partition coefficient (Wildman–Crippen LogP) is 1.41. The fourth-order valence-electron chi connectivity index (χ4n) is 2.84. The minimum absolute atomic E-state index is 0.223. The lowest BCUT2D eigenvalue weighted by molar-refractivity contribution is -0.139. The maximum atomic E-state index is 11.3. The van der Waals surface area contributed by atoms with Crippen LogP contribution in [-0.2, 0) is 4.79 Å². The zero-order valence-corrected chi connectivity index (χ0v) is 9.48. The Morgan fingerprint density at radius 2 is 2.20 bits per heavy atom. The van der Waals surface area contributed by atoms with Crippen LogP contribution in [0.3, 0.4) is 0 Å². The number of carbonyl (C=O) groups is 1. The summed E-state index contributed by atoms with van der Waals surface area (Å²) in [5.74, 6) is 1.72. The Bertz CT molecular complexity index is 238. The van der Waals surface area contributed by atoms with Crippen LogP contribution in [0.2, 0.25) is 0 Å². The van der Waals surface area contributed by atoms with Gasteiger partial charge in [-0.25, -0.2) is 0 Å². The summed E-state index contributed by atoms with van der Waals surface area (Å²) in [6.45, 7) is 2.90. The zero-order chi connectivity index (χ0) is 10.8. The molecule has 0 aromatic heterocycles. The molecule has 2 atom stereocenters. The van der Waals surface area contributed by atoms with Gasteiger partial charge in [0.25, 0.3) is 0 Å². The Morgan fingerprint density at radius 1 is 1.47 bits per heavy atom. The van der Waals surface area contributed by atoms with Crippen molar-refractivity contribution in [3.05, 3.63) is 0 Å². The highest BCUT2D eigenvalue weighted by Crippen LogP contribution is 2.45. The molecule has 1 N–H and O–H groups in total. The lowest BCUT2D eigenvalue weighted by Gasteiger charge is -2.45. The number of aliphatic hydroxyl groups is 1. The molecule has 15 heavy (non-hydrogen) atoms. The van der Waals surface area contributed by atoms with E-state index >= 15 is 0 Å². The molecule has 0 aromatic rings. The van der Waals surface area contributed by atoms with E-state index in [4.69, 9.17) is 5.11 Å². The minimum Gasteiger partial charge on any atom is -0.396 e. The van der Waals surface area contributed by atoms with Gasteiger partial charge in [-0.05, 0) is 43.9 Å². The van der Waals surface area contributed by atoms with E-state index in [1.165, 1.54) is 19.3 Å². The van der Waals surface area contributed by atoms with E-state index in [-0.39, 0.29) is 12.5 Å². The summed E-state index contributed by atoms with van der Waals surface area (Å²) < 4.78 is 0. The maximum absolute atomic E-state index is 11.3. The molecule has 0 aromatic carbocycles. The molecule has 3 nitrogen and oxygen atoms in total. The first kappa shape index (κ1) is 10.9. The number of carbonyl (C=O) groups excluding carboxylic acids is 1. The molecule has 0 bridgehead atoms. The molecule has 1 saturated heterocycles. The third-order valence-electron chi connectivity index (χ3n) is 3.89. The predicted molar refractivity (Wildman–Crippen MR) is 58.3 cm³/mol. The fraction of sp³-hybridized carbons (Fsp3) is 0.917. The van der Waals surface area contributed by atoms with Gasteiger partial charge in [0, 0.05) is 26.1 Å². The summed E-state index contributed by atoms with van der Waals surface area (Å²) in [5.41, 5.74) is 0. The van der Waals surface area contributed by atoms with Crippen molar-refractivity contribution in [2.24, 2.45) is 11.8 Å². The average Bonchev–Trinajstić information content (AvgIpc) is 2.91. The van der Waals surface area contributed by atoms with E-state index in [1.807, 2.05) is 4.90 Å². The van der Waals surface area contributed by atoms with Crippen LogP contribution < -0.4 is 0 Å². The van der Waals surface area contributed by atoms with Crippen LogP contribution in [0.25, 0.3) is 0 Å².